The molecule has 1 saturated heterocycles. The van der Waals surface area contributed by atoms with Crippen molar-refractivity contribution in [2.24, 2.45) is 11.8 Å². The van der Waals surface area contributed by atoms with Crippen molar-refractivity contribution in [3.63, 3.8) is 0 Å². The fourth-order valence-electron chi connectivity index (χ4n) is 3.22. The quantitative estimate of drug-likeness (QED) is 0.758. The summed E-state index contributed by atoms with van der Waals surface area (Å²) in [6.07, 6.45) is 1.73. The number of hydrogen-bond acceptors (Lipinski definition) is 4. The first-order valence-electron chi connectivity index (χ1n) is 9.52. The van der Waals surface area contributed by atoms with Crippen LogP contribution in [0.3, 0.4) is 0 Å². The number of benzene rings is 1. The van der Waals surface area contributed by atoms with Gasteiger partial charge in [0.15, 0.2) is 5.78 Å². The Kier molecular flexibility index (Phi) is 7.21. The van der Waals surface area contributed by atoms with Gasteiger partial charge in [-0.15, -0.1) is 0 Å². The van der Waals surface area contributed by atoms with Crippen LogP contribution in [-0.2, 0) is 11.3 Å². The maximum Gasteiger partial charge on any atom is 0.223 e. The van der Waals surface area contributed by atoms with Gasteiger partial charge in [-0.1, -0.05) is 13.8 Å². The van der Waals surface area contributed by atoms with Crippen LogP contribution in [0, 0.1) is 11.8 Å². The van der Waals surface area contributed by atoms with E-state index in [1.807, 2.05) is 12.1 Å². The molecule has 144 valence electrons. The number of carbonyl (C=O) groups excluding carboxylic acids is 2. The Morgan fingerprint density at radius 3 is 2.42 bits per heavy atom. The van der Waals surface area contributed by atoms with Gasteiger partial charge in [0, 0.05) is 29.6 Å². The molecule has 0 aromatic heterocycles. The Hall–Kier alpha value is -1.88. The molecular formula is C21H32N2O3. The lowest BCUT2D eigenvalue weighted by Gasteiger charge is -2.32. The number of methoxy groups -OCH3 is 1. The van der Waals surface area contributed by atoms with Crippen molar-refractivity contribution in [1.29, 1.82) is 0 Å². The van der Waals surface area contributed by atoms with Crippen LogP contribution in [0.2, 0.25) is 0 Å². The third-order valence-corrected chi connectivity index (χ3v) is 5.41. The molecule has 1 fully saturated rings. The fourth-order valence-corrected chi connectivity index (χ4v) is 3.22. The average molecular weight is 360 g/mol. The van der Waals surface area contributed by atoms with Crippen LogP contribution < -0.4 is 10.1 Å². The van der Waals surface area contributed by atoms with Crippen LogP contribution in [0.5, 0.6) is 5.75 Å². The van der Waals surface area contributed by atoms with Crippen LogP contribution in [0.25, 0.3) is 0 Å². The van der Waals surface area contributed by atoms with Crippen molar-refractivity contribution >= 4 is 11.7 Å². The van der Waals surface area contributed by atoms with Crippen molar-refractivity contribution < 1.29 is 14.3 Å². The van der Waals surface area contributed by atoms with Gasteiger partial charge in [-0.25, -0.2) is 0 Å². The maximum absolute atomic E-state index is 12.4. The predicted octanol–water partition coefficient (Wildman–Crippen LogP) is 3.27. The summed E-state index contributed by atoms with van der Waals surface area (Å²) in [7, 11) is 1.65. The Labute approximate surface area is 157 Å². The predicted molar refractivity (Wildman–Crippen MR) is 103 cm³/mol. The number of Topliss-reactive ketones (excluding diaryl/α,β-unsaturated/α-hetero) is 1. The van der Waals surface area contributed by atoms with Crippen LogP contribution >= 0.6 is 0 Å². The number of ketones is 1. The monoisotopic (exact) mass is 360 g/mol. The van der Waals surface area contributed by atoms with E-state index in [-0.39, 0.29) is 23.7 Å². The van der Waals surface area contributed by atoms with Gasteiger partial charge in [-0.05, 0) is 63.9 Å². The van der Waals surface area contributed by atoms with Gasteiger partial charge in [0.05, 0.1) is 7.11 Å². The zero-order valence-electron chi connectivity index (χ0n) is 16.7. The molecule has 1 aromatic rings. The number of nitrogens with one attached hydrogen (secondary N) is 1. The van der Waals surface area contributed by atoms with E-state index in [4.69, 9.17) is 4.74 Å². The van der Waals surface area contributed by atoms with E-state index >= 15 is 0 Å². The molecule has 1 N–H and O–H groups in total. The summed E-state index contributed by atoms with van der Waals surface area (Å²) >= 11 is 0. The van der Waals surface area contributed by atoms with Gasteiger partial charge >= 0.3 is 0 Å². The van der Waals surface area contributed by atoms with Gasteiger partial charge in [0.2, 0.25) is 5.91 Å². The number of likely N-dealkylation sites (tertiary alicyclic amines) is 1. The second-order valence-electron chi connectivity index (χ2n) is 7.67. The normalized spacial score (nSPS) is 17.2. The van der Waals surface area contributed by atoms with Crippen molar-refractivity contribution in [2.45, 2.75) is 53.1 Å². The van der Waals surface area contributed by atoms with E-state index in [9.17, 15) is 9.59 Å². The van der Waals surface area contributed by atoms with Crippen molar-refractivity contribution in [3.8, 4) is 5.75 Å². The lowest BCUT2D eigenvalue weighted by atomic mass is 9.94. The summed E-state index contributed by atoms with van der Waals surface area (Å²) in [4.78, 5) is 26.4. The van der Waals surface area contributed by atoms with Gasteiger partial charge in [0.25, 0.3) is 0 Å². The minimum absolute atomic E-state index is 0.0588. The SMILES string of the molecule is COc1ccc(C(C)=O)cc1CN1CCC(C(=O)NC(C)C(C)C)CC1. The second kappa shape index (κ2) is 9.17. The number of ether oxygens (including phenoxy) is 1. The number of rotatable bonds is 7. The topological polar surface area (TPSA) is 58.6 Å². The first-order valence-corrected chi connectivity index (χ1v) is 9.52. The molecule has 0 spiro atoms. The number of piperidine rings is 1. The maximum atomic E-state index is 12.4. The molecule has 1 atom stereocenters. The average Bonchev–Trinajstić information content (AvgIpc) is 2.62. The van der Waals surface area contributed by atoms with Crippen LogP contribution in [0.4, 0.5) is 0 Å². The zero-order valence-corrected chi connectivity index (χ0v) is 16.7. The molecule has 0 radical (unpaired) electrons. The molecule has 1 amide bonds. The third-order valence-electron chi connectivity index (χ3n) is 5.41. The molecule has 2 rings (SSSR count). The van der Waals surface area contributed by atoms with Gasteiger partial charge in [-0.2, -0.15) is 0 Å². The molecular weight excluding hydrogens is 328 g/mol. The highest BCUT2D eigenvalue weighted by Crippen LogP contribution is 2.25. The minimum Gasteiger partial charge on any atom is -0.496 e. The Bertz CT molecular complexity index is 634. The van der Waals surface area contributed by atoms with E-state index in [1.54, 1.807) is 20.1 Å². The van der Waals surface area contributed by atoms with Gasteiger partial charge in [-0.3, -0.25) is 14.5 Å². The van der Waals surface area contributed by atoms with Gasteiger partial charge < -0.3 is 10.1 Å². The van der Waals surface area contributed by atoms with E-state index in [2.05, 4.69) is 31.0 Å². The van der Waals surface area contributed by atoms with E-state index in [1.165, 1.54) is 0 Å². The molecule has 26 heavy (non-hydrogen) atoms. The molecule has 5 nitrogen and oxygen atoms in total. The highest BCUT2D eigenvalue weighted by molar-refractivity contribution is 5.94. The first-order chi connectivity index (χ1) is 12.3. The number of nitrogens with zero attached hydrogens (tertiary/aromatic N) is 1. The molecule has 5 heteroatoms. The minimum atomic E-state index is 0.0588. The van der Waals surface area contributed by atoms with Crippen molar-refractivity contribution in [2.75, 3.05) is 20.2 Å². The fraction of sp³-hybridized carbons (Fsp3) is 0.619. The Balaban J connectivity index is 1.93. The lowest BCUT2D eigenvalue weighted by Crippen LogP contribution is -2.44. The lowest BCUT2D eigenvalue weighted by molar-refractivity contribution is -0.127. The van der Waals surface area contributed by atoms with Crippen molar-refractivity contribution in [1.82, 2.24) is 10.2 Å². The van der Waals surface area contributed by atoms with Gasteiger partial charge in [0.1, 0.15) is 5.75 Å². The summed E-state index contributed by atoms with van der Waals surface area (Å²) in [5.74, 6) is 1.59. The highest BCUT2D eigenvalue weighted by atomic mass is 16.5. The second-order valence-corrected chi connectivity index (χ2v) is 7.67. The molecule has 1 unspecified atom stereocenters. The number of carbonyl (C=O) groups is 2. The Morgan fingerprint density at radius 1 is 1.23 bits per heavy atom. The molecule has 1 heterocycles. The summed E-state index contributed by atoms with van der Waals surface area (Å²) in [6, 6.07) is 5.79. The number of amides is 1. The third kappa shape index (κ3) is 5.31. The largest absolute Gasteiger partial charge is 0.496 e. The molecule has 0 saturated carbocycles. The summed E-state index contributed by atoms with van der Waals surface area (Å²) < 4.78 is 5.44. The molecule has 1 aliphatic heterocycles. The number of hydrogen-bond donors (Lipinski definition) is 1. The molecule has 1 aromatic carbocycles. The standard InChI is InChI=1S/C21H32N2O3/c1-14(2)15(3)22-21(25)17-8-10-23(11-9-17)13-19-12-18(16(4)24)6-7-20(19)26-5/h6-7,12,14-15,17H,8-11,13H2,1-5H3,(H,22,25). The van der Waals surface area contributed by atoms with E-state index < -0.39 is 0 Å². The Morgan fingerprint density at radius 2 is 1.88 bits per heavy atom. The summed E-state index contributed by atoms with van der Waals surface area (Å²) in [5, 5.41) is 3.14. The van der Waals surface area contributed by atoms with E-state index in [0.717, 1.165) is 43.8 Å². The van der Waals surface area contributed by atoms with Crippen molar-refractivity contribution in [3.05, 3.63) is 29.3 Å². The van der Waals surface area contributed by atoms with Crippen LogP contribution in [0.1, 0.15) is 56.5 Å². The first kappa shape index (κ1) is 20.4. The van der Waals surface area contributed by atoms with Crippen LogP contribution in [-0.4, -0.2) is 42.8 Å². The summed E-state index contributed by atoms with van der Waals surface area (Å²) in [5.41, 5.74) is 1.73. The highest BCUT2D eigenvalue weighted by Gasteiger charge is 2.26. The summed E-state index contributed by atoms with van der Waals surface area (Å²) in [6.45, 7) is 10.4. The smallest absolute Gasteiger partial charge is 0.223 e. The molecule has 0 aliphatic carbocycles. The zero-order chi connectivity index (χ0) is 19.3. The van der Waals surface area contributed by atoms with Crippen LogP contribution in [0.15, 0.2) is 18.2 Å². The van der Waals surface area contributed by atoms with E-state index in [0.29, 0.717) is 11.5 Å². The molecule has 0 bridgehead atoms. The molecule has 1 aliphatic rings.